The van der Waals surface area contributed by atoms with Crippen molar-refractivity contribution in [2.45, 2.75) is 17.7 Å². The number of aromatic nitrogens is 2. The number of ether oxygens (including phenoxy) is 1. The van der Waals surface area contributed by atoms with E-state index in [4.69, 9.17) is 20.9 Å². The zero-order valence-electron chi connectivity index (χ0n) is 15.1. The molecule has 0 saturated heterocycles. The van der Waals surface area contributed by atoms with Gasteiger partial charge in [0.1, 0.15) is 16.6 Å². The molecule has 0 aliphatic carbocycles. The number of hydrogen-bond acceptors (Lipinski definition) is 7. The van der Waals surface area contributed by atoms with E-state index < -0.39 is 24.3 Å². The highest BCUT2D eigenvalue weighted by molar-refractivity contribution is 7.98. The summed E-state index contributed by atoms with van der Waals surface area (Å²) in [6.07, 6.45) is 1.55. The molecule has 0 aliphatic heterocycles. The van der Waals surface area contributed by atoms with Crippen LogP contribution in [0.25, 0.3) is 0 Å². The molecule has 0 saturated carbocycles. The van der Waals surface area contributed by atoms with Crippen LogP contribution >= 0.6 is 23.4 Å². The quantitative estimate of drug-likeness (QED) is 0.437. The number of halogens is 2. The van der Waals surface area contributed by atoms with E-state index in [9.17, 15) is 14.0 Å². The third-order valence-electron chi connectivity index (χ3n) is 3.56. The van der Waals surface area contributed by atoms with Gasteiger partial charge in [-0.1, -0.05) is 28.5 Å². The molecule has 0 atom stereocenters. The van der Waals surface area contributed by atoms with Gasteiger partial charge in [-0.25, -0.2) is 14.2 Å². The average molecular weight is 436 g/mol. The Morgan fingerprint density at radius 3 is 2.86 bits per heavy atom. The van der Waals surface area contributed by atoms with Crippen molar-refractivity contribution < 1.29 is 23.2 Å². The third kappa shape index (κ3) is 5.78. The van der Waals surface area contributed by atoms with Crippen molar-refractivity contribution >= 4 is 40.9 Å². The Bertz CT molecular complexity index is 1040. The summed E-state index contributed by atoms with van der Waals surface area (Å²) in [5.74, 6) is -0.727. The van der Waals surface area contributed by atoms with Gasteiger partial charge in [0.05, 0.1) is 16.3 Å². The summed E-state index contributed by atoms with van der Waals surface area (Å²) in [5.41, 5.74) is 1.24. The van der Waals surface area contributed by atoms with Gasteiger partial charge in [-0.3, -0.25) is 4.79 Å². The molecule has 0 aliphatic rings. The summed E-state index contributed by atoms with van der Waals surface area (Å²) in [7, 11) is 0. The number of aryl methyl sites for hydroxylation is 1. The highest BCUT2D eigenvalue weighted by Crippen LogP contribution is 2.24. The van der Waals surface area contributed by atoms with Gasteiger partial charge in [0, 0.05) is 23.7 Å². The second-order valence-electron chi connectivity index (χ2n) is 5.83. The molecule has 0 radical (unpaired) electrons. The van der Waals surface area contributed by atoms with Crippen LogP contribution in [0.2, 0.25) is 5.02 Å². The first-order valence-corrected chi connectivity index (χ1v) is 9.71. The van der Waals surface area contributed by atoms with E-state index in [2.05, 4.69) is 15.5 Å². The smallest absolute Gasteiger partial charge is 0.341 e. The van der Waals surface area contributed by atoms with Gasteiger partial charge < -0.3 is 14.6 Å². The third-order valence-corrected chi connectivity index (χ3v) is 4.89. The molecule has 1 N–H and O–H groups in total. The van der Waals surface area contributed by atoms with E-state index in [1.165, 1.54) is 23.9 Å². The predicted molar refractivity (Wildman–Crippen MR) is 105 cm³/mol. The zero-order valence-corrected chi connectivity index (χ0v) is 16.7. The standard InChI is InChI=1S/C19H15ClFN3O4S/c1-11-7-13(24-28-11)10-29-18-14(3-2-6-22-18)19(26)27-9-17(25)23-12-4-5-16(21)15(20)8-12/h2-8H,9-10H2,1H3,(H,23,25). The molecule has 0 fully saturated rings. The van der Waals surface area contributed by atoms with Crippen LogP contribution in [-0.4, -0.2) is 28.6 Å². The highest BCUT2D eigenvalue weighted by Gasteiger charge is 2.17. The van der Waals surface area contributed by atoms with Crippen molar-refractivity contribution in [2.24, 2.45) is 0 Å². The monoisotopic (exact) mass is 435 g/mol. The van der Waals surface area contributed by atoms with Gasteiger partial charge >= 0.3 is 5.97 Å². The lowest BCUT2D eigenvalue weighted by molar-refractivity contribution is -0.119. The van der Waals surface area contributed by atoms with E-state index in [1.807, 2.05) is 0 Å². The van der Waals surface area contributed by atoms with Crippen molar-refractivity contribution in [3.05, 3.63) is 70.5 Å². The summed E-state index contributed by atoms with van der Waals surface area (Å²) in [6.45, 7) is 1.27. The van der Waals surface area contributed by atoms with Crippen LogP contribution in [0.5, 0.6) is 0 Å². The molecule has 3 aromatic rings. The molecule has 10 heteroatoms. The number of thioether (sulfide) groups is 1. The Labute approximate surface area is 174 Å². The molecular formula is C19H15ClFN3O4S. The normalized spacial score (nSPS) is 10.6. The second-order valence-corrected chi connectivity index (χ2v) is 7.20. The molecule has 150 valence electrons. The number of pyridine rings is 1. The maximum atomic E-state index is 13.2. The molecule has 29 heavy (non-hydrogen) atoms. The van der Waals surface area contributed by atoms with Gasteiger partial charge in [0.25, 0.3) is 5.91 Å². The minimum Gasteiger partial charge on any atom is -0.452 e. The lowest BCUT2D eigenvalue weighted by Gasteiger charge is -2.09. The van der Waals surface area contributed by atoms with Crippen LogP contribution in [0, 0.1) is 12.7 Å². The zero-order chi connectivity index (χ0) is 20.8. The molecular weight excluding hydrogens is 421 g/mol. The number of hydrogen-bond donors (Lipinski definition) is 1. The first-order chi connectivity index (χ1) is 13.9. The minimum absolute atomic E-state index is 0.126. The van der Waals surface area contributed by atoms with Gasteiger partial charge in [0.15, 0.2) is 6.61 Å². The summed E-state index contributed by atoms with van der Waals surface area (Å²) in [4.78, 5) is 28.5. The van der Waals surface area contributed by atoms with E-state index in [1.54, 1.807) is 31.3 Å². The number of benzene rings is 1. The van der Waals surface area contributed by atoms with Gasteiger partial charge in [-0.15, -0.1) is 0 Å². The van der Waals surface area contributed by atoms with E-state index in [-0.39, 0.29) is 16.3 Å². The van der Waals surface area contributed by atoms with Crippen LogP contribution in [0.1, 0.15) is 21.8 Å². The molecule has 0 spiro atoms. The van der Waals surface area contributed by atoms with E-state index in [0.717, 1.165) is 11.8 Å². The summed E-state index contributed by atoms with van der Waals surface area (Å²) >= 11 is 6.96. The van der Waals surface area contributed by atoms with Gasteiger partial charge in [0.2, 0.25) is 0 Å². The lowest BCUT2D eigenvalue weighted by Crippen LogP contribution is -2.21. The number of amides is 1. The summed E-state index contributed by atoms with van der Waals surface area (Å²) < 4.78 is 23.2. The number of carbonyl (C=O) groups excluding carboxylic acids is 2. The topological polar surface area (TPSA) is 94.3 Å². The fourth-order valence-corrected chi connectivity index (χ4v) is 3.31. The predicted octanol–water partition coefficient (Wildman–Crippen LogP) is 4.26. The highest BCUT2D eigenvalue weighted by atomic mass is 35.5. The van der Waals surface area contributed by atoms with Crippen molar-refractivity contribution in [1.29, 1.82) is 0 Å². The minimum atomic E-state index is -0.691. The van der Waals surface area contributed by atoms with Crippen LogP contribution in [0.3, 0.4) is 0 Å². The van der Waals surface area contributed by atoms with Crippen molar-refractivity contribution in [3.8, 4) is 0 Å². The van der Waals surface area contributed by atoms with E-state index in [0.29, 0.717) is 16.5 Å². The Morgan fingerprint density at radius 2 is 2.14 bits per heavy atom. The molecule has 1 aromatic carbocycles. The molecule has 2 aromatic heterocycles. The van der Waals surface area contributed by atoms with Crippen molar-refractivity contribution in [2.75, 3.05) is 11.9 Å². The SMILES string of the molecule is Cc1cc(CSc2ncccc2C(=O)OCC(=O)Nc2ccc(F)c(Cl)c2)no1. The number of esters is 1. The van der Waals surface area contributed by atoms with Crippen LogP contribution in [0.4, 0.5) is 10.1 Å². The second kappa shape index (κ2) is 9.53. The van der Waals surface area contributed by atoms with Crippen LogP contribution in [-0.2, 0) is 15.3 Å². The van der Waals surface area contributed by atoms with Crippen molar-refractivity contribution in [3.63, 3.8) is 0 Å². The Kier molecular flexibility index (Phi) is 6.84. The Balaban J connectivity index is 1.57. The van der Waals surface area contributed by atoms with E-state index >= 15 is 0 Å². The molecule has 0 unspecified atom stereocenters. The maximum absolute atomic E-state index is 13.2. The fourth-order valence-electron chi connectivity index (χ4n) is 2.27. The summed E-state index contributed by atoms with van der Waals surface area (Å²) in [6, 6.07) is 8.69. The molecule has 2 heterocycles. The number of anilines is 1. The fraction of sp³-hybridized carbons (Fsp3) is 0.158. The number of carbonyl (C=O) groups is 2. The maximum Gasteiger partial charge on any atom is 0.341 e. The van der Waals surface area contributed by atoms with Crippen LogP contribution in [0.15, 0.2) is 52.1 Å². The number of nitrogens with one attached hydrogen (secondary N) is 1. The first-order valence-electron chi connectivity index (χ1n) is 8.34. The average Bonchev–Trinajstić information content (AvgIpc) is 3.13. The lowest BCUT2D eigenvalue weighted by atomic mass is 10.3. The largest absolute Gasteiger partial charge is 0.452 e. The molecule has 1 amide bonds. The number of nitrogens with zero attached hydrogens (tertiary/aromatic N) is 2. The van der Waals surface area contributed by atoms with Gasteiger partial charge in [-0.05, 0) is 37.3 Å². The van der Waals surface area contributed by atoms with Crippen LogP contribution < -0.4 is 5.32 Å². The first kappa shape index (κ1) is 20.8. The van der Waals surface area contributed by atoms with Crippen molar-refractivity contribution in [1.82, 2.24) is 10.1 Å². The molecule has 7 nitrogen and oxygen atoms in total. The summed E-state index contributed by atoms with van der Waals surface area (Å²) in [5, 5.41) is 6.69. The molecule has 3 rings (SSSR count). The van der Waals surface area contributed by atoms with Gasteiger partial charge in [-0.2, -0.15) is 0 Å². The Hall–Kier alpha value is -2.91. The Morgan fingerprint density at radius 1 is 1.31 bits per heavy atom. The number of rotatable bonds is 7. The molecule has 0 bridgehead atoms.